The van der Waals surface area contributed by atoms with Gasteiger partial charge in [-0.2, -0.15) is 0 Å². The summed E-state index contributed by atoms with van der Waals surface area (Å²) in [5, 5.41) is 11.2. The van der Waals surface area contributed by atoms with Crippen LogP contribution in [-0.4, -0.2) is 41.2 Å². The maximum atomic E-state index is 10.6. The molecule has 0 spiro atoms. The van der Waals surface area contributed by atoms with Crippen LogP contribution in [0.15, 0.2) is 67.0 Å². The fourth-order valence-electron chi connectivity index (χ4n) is 3.96. The molecule has 1 aromatic heterocycles. The number of phenols is 1. The van der Waals surface area contributed by atoms with Crippen LogP contribution < -0.4 is 4.90 Å². The molecular formula is C23H24ClN3O. The lowest BCUT2D eigenvalue weighted by Crippen LogP contribution is -2.48. The van der Waals surface area contributed by atoms with Crippen LogP contribution in [0.2, 0.25) is 5.02 Å². The molecule has 0 radical (unpaired) electrons. The number of hydrogen-bond acceptors (Lipinski definition) is 4. The first-order chi connectivity index (χ1) is 13.6. The number of hydrogen-bond donors (Lipinski definition) is 1. The number of aryl methyl sites for hydroxylation is 1. The third-order valence-electron chi connectivity index (χ3n) is 5.35. The highest BCUT2D eigenvalue weighted by Gasteiger charge is 2.28. The molecule has 3 aromatic rings. The standard InChI is InChI=1S/C23H24ClN3O/c1-17-3-2-4-18(15-17)23(21-16-19(24)5-6-22(21)28)27-13-11-26(12-14-27)20-7-9-25-10-8-20/h2-10,15-16,23,28H,11-14H2,1H3. The Labute approximate surface area is 171 Å². The summed E-state index contributed by atoms with van der Waals surface area (Å²) in [4.78, 5) is 8.92. The number of anilines is 1. The first-order valence-electron chi connectivity index (χ1n) is 9.56. The van der Waals surface area contributed by atoms with E-state index in [9.17, 15) is 5.11 Å². The van der Waals surface area contributed by atoms with Gasteiger partial charge < -0.3 is 10.0 Å². The number of benzene rings is 2. The van der Waals surface area contributed by atoms with Crippen molar-refractivity contribution >= 4 is 17.3 Å². The molecule has 1 fully saturated rings. The average Bonchev–Trinajstić information content (AvgIpc) is 2.72. The molecule has 5 heteroatoms. The number of pyridine rings is 1. The second kappa shape index (κ2) is 8.21. The Morgan fingerprint density at radius 3 is 2.43 bits per heavy atom. The average molecular weight is 394 g/mol. The van der Waals surface area contributed by atoms with Crippen LogP contribution in [0.1, 0.15) is 22.7 Å². The number of aromatic nitrogens is 1. The van der Waals surface area contributed by atoms with Crippen molar-refractivity contribution in [3.05, 3.63) is 88.7 Å². The largest absolute Gasteiger partial charge is 0.508 e. The van der Waals surface area contributed by atoms with Gasteiger partial charge in [-0.1, -0.05) is 41.4 Å². The molecule has 2 aromatic carbocycles. The lowest BCUT2D eigenvalue weighted by molar-refractivity contribution is 0.209. The fourth-order valence-corrected chi connectivity index (χ4v) is 4.15. The molecule has 1 aliphatic rings. The van der Waals surface area contributed by atoms with E-state index in [-0.39, 0.29) is 11.8 Å². The predicted octanol–water partition coefficient (Wildman–Crippen LogP) is 4.66. The zero-order valence-corrected chi connectivity index (χ0v) is 16.7. The van der Waals surface area contributed by atoms with Crippen LogP contribution >= 0.6 is 11.6 Å². The molecule has 0 amide bonds. The summed E-state index contributed by atoms with van der Waals surface area (Å²) in [6.07, 6.45) is 3.67. The Kier molecular flexibility index (Phi) is 5.51. The maximum Gasteiger partial charge on any atom is 0.120 e. The molecule has 144 valence electrons. The third-order valence-corrected chi connectivity index (χ3v) is 5.58. The minimum atomic E-state index is -0.0295. The molecule has 0 aliphatic carbocycles. The Morgan fingerprint density at radius 2 is 1.71 bits per heavy atom. The van der Waals surface area contributed by atoms with Crippen LogP contribution in [0.25, 0.3) is 0 Å². The van der Waals surface area contributed by atoms with Crippen molar-refractivity contribution < 1.29 is 5.11 Å². The molecule has 4 rings (SSSR count). The Bertz CT molecular complexity index is 940. The van der Waals surface area contributed by atoms with Crippen molar-refractivity contribution in [2.24, 2.45) is 0 Å². The molecule has 28 heavy (non-hydrogen) atoms. The molecule has 2 heterocycles. The summed E-state index contributed by atoms with van der Waals surface area (Å²) in [5.74, 6) is 0.285. The number of nitrogens with zero attached hydrogens (tertiary/aromatic N) is 3. The SMILES string of the molecule is Cc1cccc(C(c2cc(Cl)ccc2O)N2CCN(c3ccncc3)CC2)c1. The monoisotopic (exact) mass is 393 g/mol. The zero-order valence-electron chi connectivity index (χ0n) is 15.9. The van der Waals surface area contributed by atoms with Crippen molar-refractivity contribution in [1.29, 1.82) is 0 Å². The summed E-state index contributed by atoms with van der Waals surface area (Å²) in [5.41, 5.74) is 4.44. The van der Waals surface area contributed by atoms with E-state index in [1.54, 1.807) is 12.1 Å². The summed E-state index contributed by atoms with van der Waals surface area (Å²) in [6.45, 7) is 5.74. The van der Waals surface area contributed by atoms with E-state index >= 15 is 0 Å². The van der Waals surface area contributed by atoms with E-state index in [1.807, 2.05) is 18.5 Å². The van der Waals surface area contributed by atoms with Gasteiger partial charge in [-0.3, -0.25) is 9.88 Å². The van der Waals surface area contributed by atoms with Crippen LogP contribution in [-0.2, 0) is 0 Å². The van der Waals surface area contributed by atoms with Gasteiger partial charge in [0.1, 0.15) is 5.75 Å². The van der Waals surface area contributed by atoms with Gasteiger partial charge in [0.2, 0.25) is 0 Å². The first kappa shape index (κ1) is 18.8. The molecule has 1 N–H and O–H groups in total. The van der Waals surface area contributed by atoms with Crippen LogP contribution in [0.4, 0.5) is 5.69 Å². The van der Waals surface area contributed by atoms with Crippen molar-refractivity contribution in [3.63, 3.8) is 0 Å². The highest BCUT2D eigenvalue weighted by molar-refractivity contribution is 6.30. The molecule has 0 saturated carbocycles. The Morgan fingerprint density at radius 1 is 0.964 bits per heavy atom. The highest BCUT2D eigenvalue weighted by atomic mass is 35.5. The predicted molar refractivity (Wildman–Crippen MR) is 114 cm³/mol. The summed E-state index contributed by atoms with van der Waals surface area (Å²) in [7, 11) is 0. The Hall–Kier alpha value is -2.56. The zero-order chi connectivity index (χ0) is 19.5. The van der Waals surface area contributed by atoms with E-state index in [4.69, 9.17) is 11.6 Å². The number of rotatable bonds is 4. The normalized spacial score (nSPS) is 16.1. The first-order valence-corrected chi connectivity index (χ1v) is 9.93. The second-order valence-corrected chi connectivity index (χ2v) is 7.68. The van der Waals surface area contributed by atoms with Gasteiger partial charge in [0.15, 0.2) is 0 Å². The quantitative estimate of drug-likeness (QED) is 0.699. The molecule has 1 unspecified atom stereocenters. The molecule has 4 nitrogen and oxygen atoms in total. The summed E-state index contributed by atoms with van der Waals surface area (Å²) in [6, 6.07) is 17.9. The van der Waals surface area contributed by atoms with Gasteiger partial charge in [-0.25, -0.2) is 0 Å². The van der Waals surface area contributed by atoms with Crippen molar-refractivity contribution in [1.82, 2.24) is 9.88 Å². The minimum Gasteiger partial charge on any atom is -0.508 e. The van der Waals surface area contributed by atoms with Gasteiger partial charge in [0.25, 0.3) is 0 Å². The van der Waals surface area contributed by atoms with E-state index in [2.05, 4.69) is 58.1 Å². The van der Waals surface area contributed by atoms with E-state index in [1.165, 1.54) is 16.8 Å². The molecule has 1 saturated heterocycles. The van der Waals surface area contributed by atoms with Gasteiger partial charge in [-0.05, 0) is 42.8 Å². The lowest BCUT2D eigenvalue weighted by atomic mass is 9.94. The molecule has 1 aliphatic heterocycles. The smallest absolute Gasteiger partial charge is 0.120 e. The van der Waals surface area contributed by atoms with Crippen molar-refractivity contribution in [3.8, 4) is 5.75 Å². The minimum absolute atomic E-state index is 0.0295. The van der Waals surface area contributed by atoms with Gasteiger partial charge in [0, 0.05) is 54.8 Å². The van der Waals surface area contributed by atoms with Gasteiger partial charge >= 0.3 is 0 Å². The number of halogens is 1. The molecule has 0 bridgehead atoms. The van der Waals surface area contributed by atoms with Gasteiger partial charge in [-0.15, -0.1) is 0 Å². The summed E-state index contributed by atoms with van der Waals surface area (Å²) < 4.78 is 0. The fraction of sp³-hybridized carbons (Fsp3) is 0.261. The van der Waals surface area contributed by atoms with Crippen molar-refractivity contribution in [2.75, 3.05) is 31.1 Å². The van der Waals surface area contributed by atoms with E-state index < -0.39 is 0 Å². The molecular weight excluding hydrogens is 370 g/mol. The van der Waals surface area contributed by atoms with Crippen LogP contribution in [0.5, 0.6) is 5.75 Å². The summed E-state index contributed by atoms with van der Waals surface area (Å²) >= 11 is 6.28. The number of phenolic OH excluding ortho intramolecular Hbond substituents is 1. The Balaban J connectivity index is 1.64. The third kappa shape index (κ3) is 3.98. The highest BCUT2D eigenvalue weighted by Crippen LogP contribution is 2.37. The lowest BCUT2D eigenvalue weighted by Gasteiger charge is -2.40. The van der Waals surface area contributed by atoms with Gasteiger partial charge in [0.05, 0.1) is 6.04 Å². The van der Waals surface area contributed by atoms with Crippen LogP contribution in [0, 0.1) is 6.92 Å². The topological polar surface area (TPSA) is 39.6 Å². The maximum absolute atomic E-state index is 10.6. The number of piperazine rings is 1. The van der Waals surface area contributed by atoms with E-state index in [0.717, 1.165) is 31.7 Å². The second-order valence-electron chi connectivity index (χ2n) is 7.25. The molecule has 1 atom stereocenters. The number of aromatic hydroxyl groups is 1. The van der Waals surface area contributed by atoms with E-state index in [0.29, 0.717) is 5.02 Å². The van der Waals surface area contributed by atoms with Crippen molar-refractivity contribution in [2.45, 2.75) is 13.0 Å². The van der Waals surface area contributed by atoms with Crippen LogP contribution in [0.3, 0.4) is 0 Å².